The van der Waals surface area contributed by atoms with Crippen molar-refractivity contribution in [2.24, 2.45) is 0 Å². The van der Waals surface area contributed by atoms with E-state index in [1.807, 2.05) is 0 Å². The number of amides is 2. The van der Waals surface area contributed by atoms with Gasteiger partial charge in [-0.1, -0.05) is 12.8 Å². The Bertz CT molecular complexity index is 1080. The number of carbonyl (C=O) groups excluding carboxylic acids is 2. The average molecular weight is 457 g/mol. The first kappa shape index (κ1) is 22.4. The lowest BCUT2D eigenvalue weighted by Crippen LogP contribution is -2.38. The zero-order chi connectivity index (χ0) is 22.6. The molecule has 4 rings (SSSR count). The summed E-state index contributed by atoms with van der Waals surface area (Å²) in [5, 5.41) is 2.75. The third-order valence-electron chi connectivity index (χ3n) is 5.93. The van der Waals surface area contributed by atoms with Crippen LogP contribution in [0.1, 0.15) is 44.1 Å². The normalized spacial score (nSPS) is 17.9. The Labute approximate surface area is 188 Å². The molecule has 32 heavy (non-hydrogen) atoms. The van der Waals surface area contributed by atoms with E-state index in [9.17, 15) is 18.0 Å². The van der Waals surface area contributed by atoms with E-state index in [2.05, 4.69) is 10.3 Å². The van der Waals surface area contributed by atoms with E-state index in [1.54, 1.807) is 40.8 Å². The molecule has 1 N–H and O–H groups in total. The summed E-state index contributed by atoms with van der Waals surface area (Å²) in [4.78, 5) is 31.0. The van der Waals surface area contributed by atoms with E-state index >= 15 is 0 Å². The number of carbonyl (C=O) groups is 2. The zero-order valence-electron chi connectivity index (χ0n) is 18.0. The lowest BCUT2D eigenvalue weighted by molar-refractivity contribution is -0.121. The third kappa shape index (κ3) is 4.99. The summed E-state index contributed by atoms with van der Waals surface area (Å²) < 4.78 is 28.0. The molecule has 1 fully saturated rings. The maximum Gasteiger partial charge on any atom is 0.244 e. The Morgan fingerprint density at radius 1 is 1.03 bits per heavy atom. The molecule has 1 aromatic carbocycles. The van der Waals surface area contributed by atoms with Crippen LogP contribution in [0.5, 0.6) is 0 Å². The molecule has 170 valence electrons. The van der Waals surface area contributed by atoms with Gasteiger partial charge in [-0.2, -0.15) is 4.31 Å². The van der Waals surface area contributed by atoms with Gasteiger partial charge in [-0.05, 0) is 61.6 Å². The molecular formula is C23H28N4O4S. The number of anilines is 2. The second-order valence-electron chi connectivity index (χ2n) is 8.23. The number of fused-ring (bicyclic) bond motifs is 1. The number of aryl methyl sites for hydroxylation is 1. The summed E-state index contributed by atoms with van der Waals surface area (Å²) in [5.41, 5.74) is 1.93. The lowest BCUT2D eigenvalue weighted by atomic mass is 10.1. The van der Waals surface area contributed by atoms with Crippen molar-refractivity contribution in [1.29, 1.82) is 0 Å². The number of pyridine rings is 1. The second-order valence-corrected chi connectivity index (χ2v) is 10.2. The van der Waals surface area contributed by atoms with Crippen LogP contribution in [0, 0.1) is 0 Å². The fraction of sp³-hybridized carbons (Fsp3) is 0.435. The first-order valence-electron chi connectivity index (χ1n) is 11.1. The number of rotatable bonds is 5. The molecule has 0 spiro atoms. The third-order valence-corrected chi connectivity index (χ3v) is 7.82. The summed E-state index contributed by atoms with van der Waals surface area (Å²) in [5.74, 6) is -0.478. The van der Waals surface area contributed by atoms with Crippen molar-refractivity contribution in [2.45, 2.75) is 49.8 Å². The number of nitrogens with zero attached hydrogens (tertiary/aromatic N) is 3. The van der Waals surface area contributed by atoms with Crippen LogP contribution in [0.25, 0.3) is 0 Å². The fourth-order valence-electron chi connectivity index (χ4n) is 4.27. The highest BCUT2D eigenvalue weighted by Crippen LogP contribution is 2.31. The molecule has 1 aromatic heterocycles. The van der Waals surface area contributed by atoms with Crippen molar-refractivity contribution < 1.29 is 18.0 Å². The van der Waals surface area contributed by atoms with Gasteiger partial charge >= 0.3 is 0 Å². The lowest BCUT2D eigenvalue weighted by Gasteiger charge is -2.24. The van der Waals surface area contributed by atoms with E-state index < -0.39 is 10.0 Å². The second kappa shape index (κ2) is 9.79. The molecule has 9 heteroatoms. The molecule has 2 aliphatic heterocycles. The van der Waals surface area contributed by atoms with Crippen molar-refractivity contribution in [2.75, 3.05) is 29.9 Å². The van der Waals surface area contributed by atoms with Crippen LogP contribution in [0.3, 0.4) is 0 Å². The highest BCUT2D eigenvalue weighted by atomic mass is 32.2. The minimum atomic E-state index is -3.58. The van der Waals surface area contributed by atoms with E-state index in [0.717, 1.165) is 31.2 Å². The van der Waals surface area contributed by atoms with Gasteiger partial charge in [0.15, 0.2) is 0 Å². The van der Waals surface area contributed by atoms with Gasteiger partial charge in [0.2, 0.25) is 21.8 Å². The highest BCUT2D eigenvalue weighted by molar-refractivity contribution is 7.89. The van der Waals surface area contributed by atoms with Crippen LogP contribution in [-0.4, -0.2) is 49.2 Å². The highest BCUT2D eigenvalue weighted by Gasteiger charge is 2.29. The van der Waals surface area contributed by atoms with Gasteiger partial charge in [-0.25, -0.2) is 8.42 Å². The number of hydrogen-bond donors (Lipinski definition) is 1. The predicted molar refractivity (Wildman–Crippen MR) is 122 cm³/mol. The number of hydrogen-bond acceptors (Lipinski definition) is 5. The molecule has 0 bridgehead atoms. The first-order chi connectivity index (χ1) is 15.4. The van der Waals surface area contributed by atoms with Crippen LogP contribution >= 0.6 is 0 Å². The molecular weight excluding hydrogens is 428 g/mol. The quantitative estimate of drug-likeness (QED) is 0.746. The summed E-state index contributed by atoms with van der Waals surface area (Å²) in [6.45, 7) is 0.941. The Hall–Kier alpha value is -2.78. The summed E-state index contributed by atoms with van der Waals surface area (Å²) in [7, 11) is -3.58. The van der Waals surface area contributed by atoms with Gasteiger partial charge in [0.1, 0.15) is 6.54 Å². The molecule has 1 saturated heterocycles. The van der Waals surface area contributed by atoms with Crippen LogP contribution in [0.4, 0.5) is 11.4 Å². The van der Waals surface area contributed by atoms with E-state index in [-0.39, 0.29) is 23.3 Å². The van der Waals surface area contributed by atoms with E-state index in [1.165, 1.54) is 11.1 Å². The monoisotopic (exact) mass is 456 g/mol. The first-order valence-corrected chi connectivity index (χ1v) is 12.5. The van der Waals surface area contributed by atoms with Crippen LogP contribution in [-0.2, 0) is 26.0 Å². The number of sulfonamides is 1. The van der Waals surface area contributed by atoms with Crippen LogP contribution in [0.2, 0.25) is 0 Å². The number of nitrogens with one attached hydrogen (secondary N) is 1. The molecule has 0 aliphatic carbocycles. The van der Waals surface area contributed by atoms with Gasteiger partial charge in [0, 0.05) is 31.4 Å². The van der Waals surface area contributed by atoms with Crippen molar-refractivity contribution >= 4 is 33.2 Å². The maximum absolute atomic E-state index is 13.2. The molecule has 2 amide bonds. The molecule has 2 aliphatic rings. The van der Waals surface area contributed by atoms with Crippen molar-refractivity contribution in [3.8, 4) is 0 Å². The molecule has 0 atom stereocenters. The zero-order valence-corrected chi connectivity index (χ0v) is 18.8. The largest absolute Gasteiger partial charge is 0.323 e. The Kier molecular flexibility index (Phi) is 6.86. The molecule has 3 heterocycles. The molecule has 0 unspecified atom stereocenters. The predicted octanol–water partition coefficient (Wildman–Crippen LogP) is 2.95. The van der Waals surface area contributed by atoms with Crippen LogP contribution in [0.15, 0.2) is 47.6 Å². The molecule has 8 nitrogen and oxygen atoms in total. The Balaban J connectivity index is 1.58. The summed E-state index contributed by atoms with van der Waals surface area (Å²) >= 11 is 0. The van der Waals surface area contributed by atoms with Crippen LogP contribution < -0.4 is 10.2 Å². The molecule has 0 radical (unpaired) electrons. The summed E-state index contributed by atoms with van der Waals surface area (Å²) in [6.07, 6.45) is 8.51. The molecule has 2 aromatic rings. The van der Waals surface area contributed by atoms with Gasteiger partial charge in [0.05, 0.1) is 16.8 Å². The van der Waals surface area contributed by atoms with Gasteiger partial charge in [-0.15, -0.1) is 0 Å². The molecule has 0 saturated carbocycles. The number of aromatic nitrogens is 1. The van der Waals surface area contributed by atoms with E-state index in [0.29, 0.717) is 43.7 Å². The minimum Gasteiger partial charge on any atom is -0.323 e. The van der Waals surface area contributed by atoms with E-state index in [4.69, 9.17) is 0 Å². The van der Waals surface area contributed by atoms with Crippen molar-refractivity contribution in [3.63, 3.8) is 0 Å². The SMILES string of the molecule is O=C(CN1C(=O)CCCc2cc(S(=O)(=O)N3CCCCCC3)ccc21)Nc1cccnc1. The van der Waals surface area contributed by atoms with Crippen molar-refractivity contribution in [1.82, 2.24) is 9.29 Å². The standard InChI is InChI=1S/C23H28N4O4S/c28-22(25-19-8-6-12-24-16-19)17-27-21-11-10-20(15-18(21)7-5-9-23(27)29)32(30,31)26-13-3-1-2-4-14-26/h6,8,10-12,15-16H,1-5,7,9,13-14,17H2,(H,25,28). The minimum absolute atomic E-state index is 0.140. The average Bonchev–Trinajstić information content (AvgIpc) is 3.15. The number of benzene rings is 1. The van der Waals surface area contributed by atoms with Gasteiger partial charge in [-0.3, -0.25) is 14.6 Å². The Morgan fingerprint density at radius 3 is 2.53 bits per heavy atom. The summed E-state index contributed by atoms with van der Waals surface area (Å²) in [6, 6.07) is 8.35. The van der Waals surface area contributed by atoms with Gasteiger partial charge in [0.25, 0.3) is 0 Å². The maximum atomic E-state index is 13.2. The Morgan fingerprint density at radius 2 is 1.81 bits per heavy atom. The van der Waals surface area contributed by atoms with Gasteiger partial charge < -0.3 is 10.2 Å². The van der Waals surface area contributed by atoms with Crippen molar-refractivity contribution in [3.05, 3.63) is 48.3 Å². The fourth-order valence-corrected chi connectivity index (χ4v) is 5.84. The smallest absolute Gasteiger partial charge is 0.244 e. The topological polar surface area (TPSA) is 99.7 Å².